The van der Waals surface area contributed by atoms with Crippen molar-refractivity contribution in [1.29, 1.82) is 0 Å². The van der Waals surface area contributed by atoms with Gasteiger partial charge in [-0.2, -0.15) is 13.2 Å². The fraction of sp³-hybridized carbons (Fsp3) is 0.143. The second-order valence-electron chi connectivity index (χ2n) is 2.20. The molecule has 1 heterocycles. The summed E-state index contributed by atoms with van der Waals surface area (Å²) in [6.07, 6.45) is -3.22. The first kappa shape index (κ1) is 10.4. The molecule has 0 atom stereocenters. The molecule has 13 heavy (non-hydrogen) atoms. The van der Waals surface area contributed by atoms with Crippen molar-refractivity contribution in [3.8, 4) is 0 Å². The molecule has 0 N–H and O–H groups in total. The molecular formula is C7H3F3INO. The van der Waals surface area contributed by atoms with Crippen molar-refractivity contribution in [2.75, 3.05) is 0 Å². The minimum Gasteiger partial charge on any atom is -0.296 e. The first-order valence-corrected chi connectivity index (χ1v) is 4.21. The van der Waals surface area contributed by atoms with Gasteiger partial charge in [0.1, 0.15) is 5.69 Å². The molecule has 1 rings (SSSR count). The van der Waals surface area contributed by atoms with Crippen molar-refractivity contribution in [2.24, 2.45) is 0 Å². The highest BCUT2D eigenvalue weighted by molar-refractivity contribution is 14.1. The van der Waals surface area contributed by atoms with Gasteiger partial charge in [-0.1, -0.05) is 0 Å². The smallest absolute Gasteiger partial charge is 0.296 e. The van der Waals surface area contributed by atoms with Gasteiger partial charge in [-0.05, 0) is 28.7 Å². The maximum absolute atomic E-state index is 12.2. The van der Waals surface area contributed by atoms with Gasteiger partial charge in [0.2, 0.25) is 0 Å². The number of alkyl halides is 3. The van der Waals surface area contributed by atoms with E-state index in [0.717, 1.165) is 6.07 Å². The standard InChI is InChI=1S/C7H3F3INO/c8-7(9,10)5-1-4(11)2-12-6(5)3-13/h1-3H. The molecule has 0 saturated heterocycles. The van der Waals surface area contributed by atoms with E-state index in [1.807, 2.05) is 0 Å². The summed E-state index contributed by atoms with van der Waals surface area (Å²) in [5, 5.41) is 0. The van der Waals surface area contributed by atoms with Crippen molar-refractivity contribution >= 4 is 28.9 Å². The zero-order chi connectivity index (χ0) is 10.1. The van der Waals surface area contributed by atoms with Crippen LogP contribution in [-0.2, 0) is 6.18 Å². The molecule has 0 radical (unpaired) electrons. The summed E-state index contributed by atoms with van der Waals surface area (Å²) in [6.45, 7) is 0. The number of hydrogen-bond donors (Lipinski definition) is 0. The molecule has 0 fully saturated rings. The van der Waals surface area contributed by atoms with E-state index in [2.05, 4.69) is 4.98 Å². The molecule has 0 saturated carbocycles. The lowest BCUT2D eigenvalue weighted by Crippen LogP contribution is -2.10. The van der Waals surface area contributed by atoms with Crippen LogP contribution in [0.3, 0.4) is 0 Å². The highest BCUT2D eigenvalue weighted by atomic mass is 127. The average molecular weight is 301 g/mol. The number of pyridine rings is 1. The molecule has 0 aliphatic carbocycles. The average Bonchev–Trinajstić information content (AvgIpc) is 2.03. The summed E-state index contributed by atoms with van der Waals surface area (Å²) in [5.74, 6) is 0. The SMILES string of the molecule is O=Cc1ncc(I)cc1C(F)(F)F. The Labute approximate surface area is 85.3 Å². The van der Waals surface area contributed by atoms with Crippen LogP contribution in [0.15, 0.2) is 12.3 Å². The molecular weight excluding hydrogens is 298 g/mol. The number of halogens is 4. The lowest BCUT2D eigenvalue weighted by Gasteiger charge is -2.07. The normalized spacial score (nSPS) is 11.4. The second kappa shape index (κ2) is 3.60. The van der Waals surface area contributed by atoms with Crippen LogP contribution in [0.25, 0.3) is 0 Å². The van der Waals surface area contributed by atoms with E-state index in [-0.39, 0.29) is 6.29 Å². The van der Waals surface area contributed by atoms with E-state index in [9.17, 15) is 18.0 Å². The molecule has 0 aliphatic rings. The topological polar surface area (TPSA) is 30.0 Å². The molecule has 1 aromatic rings. The summed E-state index contributed by atoms with van der Waals surface area (Å²) in [7, 11) is 0. The van der Waals surface area contributed by atoms with Crippen LogP contribution in [0, 0.1) is 3.57 Å². The monoisotopic (exact) mass is 301 g/mol. The Bertz CT molecular complexity index is 337. The lowest BCUT2D eigenvalue weighted by atomic mass is 10.2. The third-order valence-corrected chi connectivity index (χ3v) is 1.89. The molecule has 0 amide bonds. The van der Waals surface area contributed by atoms with Gasteiger partial charge < -0.3 is 0 Å². The third-order valence-electron chi connectivity index (χ3n) is 1.30. The van der Waals surface area contributed by atoms with Crippen molar-refractivity contribution < 1.29 is 18.0 Å². The van der Waals surface area contributed by atoms with Gasteiger partial charge in [0.05, 0.1) is 5.56 Å². The molecule has 70 valence electrons. The lowest BCUT2D eigenvalue weighted by molar-refractivity contribution is -0.138. The van der Waals surface area contributed by atoms with Crippen molar-refractivity contribution in [3.63, 3.8) is 0 Å². The Balaban J connectivity index is 3.32. The van der Waals surface area contributed by atoms with Crippen LogP contribution in [0.4, 0.5) is 13.2 Å². The van der Waals surface area contributed by atoms with E-state index in [4.69, 9.17) is 0 Å². The van der Waals surface area contributed by atoms with Crippen LogP contribution < -0.4 is 0 Å². The van der Waals surface area contributed by atoms with E-state index in [1.165, 1.54) is 6.20 Å². The van der Waals surface area contributed by atoms with Crippen molar-refractivity contribution in [2.45, 2.75) is 6.18 Å². The van der Waals surface area contributed by atoms with Crippen LogP contribution in [0.1, 0.15) is 16.1 Å². The Morgan fingerprint density at radius 3 is 2.54 bits per heavy atom. The number of aromatic nitrogens is 1. The molecule has 0 spiro atoms. The van der Waals surface area contributed by atoms with Gasteiger partial charge in [0, 0.05) is 9.77 Å². The largest absolute Gasteiger partial charge is 0.418 e. The number of hydrogen-bond acceptors (Lipinski definition) is 2. The Morgan fingerprint density at radius 2 is 2.08 bits per heavy atom. The molecule has 0 bridgehead atoms. The quantitative estimate of drug-likeness (QED) is 0.589. The number of carbonyl (C=O) groups excluding carboxylic acids is 1. The summed E-state index contributed by atoms with van der Waals surface area (Å²) < 4.78 is 37.0. The van der Waals surface area contributed by atoms with Crippen LogP contribution >= 0.6 is 22.6 Å². The Hall–Kier alpha value is -0.660. The van der Waals surface area contributed by atoms with Gasteiger partial charge in [-0.25, -0.2) is 0 Å². The van der Waals surface area contributed by atoms with Gasteiger partial charge in [-0.3, -0.25) is 9.78 Å². The number of carbonyl (C=O) groups is 1. The highest BCUT2D eigenvalue weighted by Gasteiger charge is 2.34. The fourth-order valence-corrected chi connectivity index (χ4v) is 1.22. The zero-order valence-corrected chi connectivity index (χ0v) is 8.26. The van der Waals surface area contributed by atoms with E-state index < -0.39 is 17.4 Å². The summed E-state index contributed by atoms with van der Waals surface area (Å²) in [4.78, 5) is 13.6. The summed E-state index contributed by atoms with van der Waals surface area (Å²) >= 11 is 1.70. The first-order chi connectivity index (χ1) is 5.95. The minimum atomic E-state index is -4.52. The van der Waals surface area contributed by atoms with E-state index >= 15 is 0 Å². The fourth-order valence-electron chi connectivity index (χ4n) is 0.771. The maximum atomic E-state index is 12.2. The van der Waals surface area contributed by atoms with Gasteiger partial charge in [0.15, 0.2) is 6.29 Å². The van der Waals surface area contributed by atoms with Crippen LogP contribution in [-0.4, -0.2) is 11.3 Å². The van der Waals surface area contributed by atoms with Crippen LogP contribution in [0.5, 0.6) is 0 Å². The molecule has 0 aliphatic heterocycles. The molecule has 0 aromatic carbocycles. The summed E-state index contributed by atoms with van der Waals surface area (Å²) in [5.41, 5.74) is -1.57. The number of rotatable bonds is 1. The van der Waals surface area contributed by atoms with Gasteiger partial charge in [-0.15, -0.1) is 0 Å². The Morgan fingerprint density at radius 1 is 1.46 bits per heavy atom. The van der Waals surface area contributed by atoms with Crippen molar-refractivity contribution in [1.82, 2.24) is 4.98 Å². The minimum absolute atomic E-state index is 0.0961. The highest BCUT2D eigenvalue weighted by Crippen LogP contribution is 2.31. The van der Waals surface area contributed by atoms with Gasteiger partial charge >= 0.3 is 6.18 Å². The molecule has 1 aromatic heterocycles. The second-order valence-corrected chi connectivity index (χ2v) is 3.45. The van der Waals surface area contributed by atoms with Gasteiger partial charge in [0.25, 0.3) is 0 Å². The zero-order valence-electron chi connectivity index (χ0n) is 6.10. The number of nitrogens with zero attached hydrogens (tertiary/aromatic N) is 1. The van der Waals surface area contributed by atoms with E-state index in [0.29, 0.717) is 3.57 Å². The van der Waals surface area contributed by atoms with Crippen LogP contribution in [0.2, 0.25) is 0 Å². The van der Waals surface area contributed by atoms with Crippen molar-refractivity contribution in [3.05, 3.63) is 27.1 Å². The number of aldehydes is 1. The predicted molar refractivity (Wildman–Crippen MR) is 47.3 cm³/mol. The molecule has 0 unspecified atom stereocenters. The first-order valence-electron chi connectivity index (χ1n) is 3.13. The molecule has 2 nitrogen and oxygen atoms in total. The molecule has 6 heteroatoms. The third kappa shape index (κ3) is 2.39. The maximum Gasteiger partial charge on any atom is 0.418 e. The summed E-state index contributed by atoms with van der Waals surface area (Å²) in [6, 6.07) is 0.886. The Kier molecular flexibility index (Phi) is 2.89. The predicted octanol–water partition coefficient (Wildman–Crippen LogP) is 2.52. The van der Waals surface area contributed by atoms with E-state index in [1.54, 1.807) is 22.6 Å².